The minimum absolute atomic E-state index is 0.309. The van der Waals surface area contributed by atoms with Crippen LogP contribution in [0.4, 0.5) is 0 Å². The van der Waals surface area contributed by atoms with Gasteiger partial charge in [0.2, 0.25) is 10.0 Å². The van der Waals surface area contributed by atoms with Gasteiger partial charge in [0.05, 0.1) is 3.79 Å². The molecule has 0 radical (unpaired) electrons. The number of rotatable bonds is 7. The Labute approximate surface area is 133 Å². The van der Waals surface area contributed by atoms with Gasteiger partial charge in [0.25, 0.3) is 0 Å². The van der Waals surface area contributed by atoms with E-state index in [2.05, 4.69) is 20.7 Å². The second-order valence-corrected chi connectivity index (χ2v) is 9.44. The summed E-state index contributed by atoms with van der Waals surface area (Å²) >= 11 is 4.67. The lowest BCUT2D eigenvalue weighted by Crippen LogP contribution is -2.25. The van der Waals surface area contributed by atoms with Crippen molar-refractivity contribution < 1.29 is 8.42 Å². The van der Waals surface area contributed by atoms with Gasteiger partial charge in [-0.1, -0.05) is 25.7 Å². The van der Waals surface area contributed by atoms with E-state index in [4.69, 9.17) is 5.73 Å². The van der Waals surface area contributed by atoms with Crippen LogP contribution in [-0.2, 0) is 16.6 Å². The summed E-state index contributed by atoms with van der Waals surface area (Å²) in [6.07, 6.45) is 7.32. The van der Waals surface area contributed by atoms with Crippen molar-refractivity contribution in [3.05, 3.63) is 14.7 Å². The van der Waals surface area contributed by atoms with E-state index in [-0.39, 0.29) is 0 Å². The molecule has 2 rings (SSSR count). The average molecular weight is 381 g/mol. The van der Waals surface area contributed by atoms with Crippen molar-refractivity contribution in [3.8, 4) is 0 Å². The van der Waals surface area contributed by atoms with Crippen LogP contribution in [0.15, 0.2) is 14.7 Å². The fraction of sp³-hybridized carbons (Fsp3) is 0.692. The van der Waals surface area contributed by atoms with Crippen molar-refractivity contribution in [2.45, 2.75) is 50.0 Å². The molecule has 114 valence electrons. The molecule has 3 N–H and O–H groups in total. The molecular formula is C13H21BrN2O2S2. The fourth-order valence-electron chi connectivity index (χ4n) is 2.66. The molecule has 1 heterocycles. The Balaban J connectivity index is 1.85. The third-order valence-electron chi connectivity index (χ3n) is 3.75. The molecule has 0 atom stereocenters. The van der Waals surface area contributed by atoms with Crippen molar-refractivity contribution in [3.63, 3.8) is 0 Å². The quantitative estimate of drug-likeness (QED) is 0.713. The van der Waals surface area contributed by atoms with E-state index in [1.807, 2.05) is 0 Å². The van der Waals surface area contributed by atoms with Gasteiger partial charge in [0.15, 0.2) is 0 Å². The van der Waals surface area contributed by atoms with Crippen LogP contribution >= 0.6 is 27.3 Å². The molecule has 0 bridgehead atoms. The molecule has 0 spiro atoms. The highest BCUT2D eigenvalue weighted by Crippen LogP contribution is 2.31. The lowest BCUT2D eigenvalue weighted by atomic mass is 10.0. The highest BCUT2D eigenvalue weighted by molar-refractivity contribution is 9.11. The smallest absolute Gasteiger partial charge is 0.242 e. The summed E-state index contributed by atoms with van der Waals surface area (Å²) in [5.74, 6) is 0.802. The average Bonchev–Trinajstić information content (AvgIpc) is 3.04. The summed E-state index contributed by atoms with van der Waals surface area (Å²) in [5, 5.41) is 0. The van der Waals surface area contributed by atoms with Crippen LogP contribution in [-0.4, -0.2) is 15.0 Å². The lowest BCUT2D eigenvalue weighted by Gasteiger charge is -2.09. The van der Waals surface area contributed by atoms with Crippen LogP contribution in [0.2, 0.25) is 0 Å². The topological polar surface area (TPSA) is 72.2 Å². The van der Waals surface area contributed by atoms with Gasteiger partial charge >= 0.3 is 0 Å². The molecule has 0 aromatic carbocycles. The van der Waals surface area contributed by atoms with Gasteiger partial charge in [-0.3, -0.25) is 0 Å². The minimum Gasteiger partial charge on any atom is -0.326 e. The summed E-state index contributed by atoms with van der Waals surface area (Å²) in [4.78, 5) is 1.17. The maximum absolute atomic E-state index is 12.2. The van der Waals surface area contributed by atoms with E-state index in [0.717, 1.165) is 23.6 Å². The number of halogens is 1. The van der Waals surface area contributed by atoms with E-state index in [0.29, 0.717) is 21.8 Å². The van der Waals surface area contributed by atoms with Crippen molar-refractivity contribution >= 4 is 37.3 Å². The molecule has 0 aliphatic heterocycles. The first-order valence-corrected chi connectivity index (χ1v) is 10.1. The zero-order chi connectivity index (χ0) is 14.6. The first-order valence-electron chi connectivity index (χ1n) is 7.01. The number of nitrogens with one attached hydrogen (secondary N) is 1. The summed E-state index contributed by atoms with van der Waals surface area (Å²) in [5.41, 5.74) is 5.54. The fourth-order valence-corrected chi connectivity index (χ4v) is 6.29. The van der Waals surface area contributed by atoms with E-state index in [1.54, 1.807) is 6.07 Å². The van der Waals surface area contributed by atoms with E-state index in [9.17, 15) is 8.42 Å². The zero-order valence-corrected chi connectivity index (χ0v) is 14.6. The third kappa shape index (κ3) is 4.27. The van der Waals surface area contributed by atoms with E-state index in [1.165, 1.54) is 37.0 Å². The van der Waals surface area contributed by atoms with Crippen LogP contribution < -0.4 is 10.5 Å². The Morgan fingerprint density at radius 1 is 1.40 bits per heavy atom. The molecule has 20 heavy (non-hydrogen) atoms. The standard InChI is InChI=1S/C13H21BrN2O2S2/c14-13-12(8-11(9-15)19-13)20(17,18)16-7-3-6-10-4-1-2-5-10/h8,10,16H,1-7,9,15H2. The molecule has 1 fully saturated rings. The predicted octanol–water partition coefficient (Wildman–Crippen LogP) is 3.22. The molecule has 1 aromatic heterocycles. The van der Waals surface area contributed by atoms with Gasteiger partial charge in [0.1, 0.15) is 4.90 Å². The predicted molar refractivity (Wildman–Crippen MR) is 86.3 cm³/mol. The number of hydrogen-bond donors (Lipinski definition) is 2. The molecule has 1 aromatic rings. The molecule has 1 saturated carbocycles. The van der Waals surface area contributed by atoms with Crippen molar-refractivity contribution in [1.29, 1.82) is 0 Å². The SMILES string of the molecule is NCc1cc(S(=O)(=O)NCCCC2CCCC2)c(Br)s1. The summed E-state index contributed by atoms with van der Waals surface area (Å²) in [6.45, 7) is 0.875. The van der Waals surface area contributed by atoms with Gasteiger partial charge in [0, 0.05) is 18.0 Å². The summed E-state index contributed by atoms with van der Waals surface area (Å²) < 4.78 is 27.7. The van der Waals surface area contributed by atoms with Gasteiger partial charge in [-0.2, -0.15) is 0 Å². The van der Waals surface area contributed by atoms with Crippen LogP contribution in [0.5, 0.6) is 0 Å². The second-order valence-electron chi connectivity index (χ2n) is 5.25. The monoisotopic (exact) mass is 380 g/mol. The van der Waals surface area contributed by atoms with Gasteiger partial charge in [-0.25, -0.2) is 13.1 Å². The Hall–Kier alpha value is 0.0500. The molecule has 1 aliphatic carbocycles. The number of nitrogens with two attached hydrogens (primary N) is 1. The molecular weight excluding hydrogens is 360 g/mol. The number of sulfonamides is 1. The molecule has 1 aliphatic rings. The van der Waals surface area contributed by atoms with Crippen LogP contribution in [0.1, 0.15) is 43.4 Å². The van der Waals surface area contributed by atoms with Crippen molar-refractivity contribution in [2.24, 2.45) is 11.7 Å². The van der Waals surface area contributed by atoms with Gasteiger partial charge < -0.3 is 5.73 Å². The molecule has 4 nitrogen and oxygen atoms in total. The normalized spacial score (nSPS) is 16.9. The third-order valence-corrected chi connectivity index (χ3v) is 7.49. The van der Waals surface area contributed by atoms with Crippen LogP contribution in [0.25, 0.3) is 0 Å². The van der Waals surface area contributed by atoms with Crippen molar-refractivity contribution in [2.75, 3.05) is 6.54 Å². The van der Waals surface area contributed by atoms with E-state index < -0.39 is 10.0 Å². The van der Waals surface area contributed by atoms with E-state index >= 15 is 0 Å². The zero-order valence-electron chi connectivity index (χ0n) is 11.4. The Morgan fingerprint density at radius 2 is 2.10 bits per heavy atom. The van der Waals surface area contributed by atoms with Crippen LogP contribution in [0, 0.1) is 5.92 Å². The first kappa shape index (κ1) is 16.4. The second kappa shape index (κ2) is 7.35. The Kier molecular flexibility index (Phi) is 6.04. The van der Waals surface area contributed by atoms with Gasteiger partial charge in [-0.05, 0) is 40.8 Å². The highest BCUT2D eigenvalue weighted by Gasteiger charge is 2.20. The summed E-state index contributed by atoms with van der Waals surface area (Å²) in [6, 6.07) is 1.65. The Morgan fingerprint density at radius 3 is 2.70 bits per heavy atom. The Bertz CT molecular complexity index is 537. The van der Waals surface area contributed by atoms with Gasteiger partial charge in [-0.15, -0.1) is 11.3 Å². The lowest BCUT2D eigenvalue weighted by molar-refractivity contribution is 0.480. The molecule has 7 heteroatoms. The minimum atomic E-state index is -3.42. The number of thiophene rings is 1. The molecule has 0 amide bonds. The first-order chi connectivity index (χ1) is 9.53. The van der Waals surface area contributed by atoms with Crippen LogP contribution in [0.3, 0.4) is 0 Å². The largest absolute Gasteiger partial charge is 0.326 e. The molecule has 0 unspecified atom stereocenters. The summed E-state index contributed by atoms with van der Waals surface area (Å²) in [7, 11) is -3.42. The maximum atomic E-state index is 12.2. The number of hydrogen-bond acceptors (Lipinski definition) is 4. The highest BCUT2D eigenvalue weighted by atomic mass is 79.9. The molecule has 0 saturated heterocycles. The maximum Gasteiger partial charge on any atom is 0.242 e. The van der Waals surface area contributed by atoms with Crippen molar-refractivity contribution in [1.82, 2.24) is 4.72 Å².